The molecule has 3 rings (SSSR count). The molecule has 0 spiro atoms. The van der Waals surface area contributed by atoms with E-state index in [0.717, 1.165) is 11.3 Å². The van der Waals surface area contributed by atoms with Crippen LogP contribution in [-0.2, 0) is 0 Å². The van der Waals surface area contributed by atoms with Crippen LogP contribution in [0.15, 0.2) is 24.4 Å². The molecule has 0 radical (unpaired) electrons. The predicted molar refractivity (Wildman–Crippen MR) is 84.0 cm³/mol. The largest absolute Gasteiger partial charge is 0.387 e. The lowest BCUT2D eigenvalue weighted by molar-refractivity contribution is 0.0235. The van der Waals surface area contributed by atoms with E-state index in [1.807, 2.05) is 48.5 Å². The molecule has 0 bridgehead atoms. The Balaban J connectivity index is 1.80. The fourth-order valence-corrected chi connectivity index (χ4v) is 3.16. The average Bonchev–Trinajstić information content (AvgIpc) is 3.02. The Morgan fingerprint density at radius 2 is 2.23 bits per heavy atom. The van der Waals surface area contributed by atoms with E-state index in [0.29, 0.717) is 31.7 Å². The number of nitrogens with zero attached hydrogens (tertiary/aromatic N) is 4. The molecule has 0 saturated carbocycles. The number of carbonyl (C=O) groups excluding carboxylic acids is 1. The Hall–Kier alpha value is -1.92. The van der Waals surface area contributed by atoms with Crippen molar-refractivity contribution >= 4 is 11.6 Å². The highest BCUT2D eigenvalue weighted by atomic mass is 16.3. The average molecular weight is 302 g/mol. The van der Waals surface area contributed by atoms with Crippen molar-refractivity contribution in [1.82, 2.24) is 19.2 Å². The maximum Gasteiger partial charge on any atom is 0.274 e. The molecule has 2 aromatic heterocycles. The Bertz CT molecular complexity index is 709. The second-order valence-corrected chi connectivity index (χ2v) is 6.46. The number of rotatable bonds is 3. The minimum absolute atomic E-state index is 0.113. The van der Waals surface area contributed by atoms with Crippen molar-refractivity contribution in [2.45, 2.75) is 18.9 Å². The highest BCUT2D eigenvalue weighted by Crippen LogP contribution is 2.23. The minimum atomic E-state index is -0.825. The molecule has 1 unspecified atom stereocenters. The minimum Gasteiger partial charge on any atom is -0.387 e. The summed E-state index contributed by atoms with van der Waals surface area (Å²) in [5.74, 6) is -0.113. The first-order chi connectivity index (χ1) is 10.4. The van der Waals surface area contributed by atoms with Crippen molar-refractivity contribution in [3.05, 3.63) is 35.8 Å². The number of β-amino-alcohol motifs (C(OH)–C–C–N with tert-alkyl or cyclic N) is 1. The van der Waals surface area contributed by atoms with E-state index in [-0.39, 0.29) is 5.91 Å². The van der Waals surface area contributed by atoms with Crippen molar-refractivity contribution in [2.75, 3.05) is 33.7 Å². The van der Waals surface area contributed by atoms with Gasteiger partial charge in [0, 0.05) is 25.0 Å². The van der Waals surface area contributed by atoms with Crippen molar-refractivity contribution < 1.29 is 9.90 Å². The summed E-state index contributed by atoms with van der Waals surface area (Å²) in [6.07, 6.45) is 2.37. The molecule has 1 fully saturated rings. The van der Waals surface area contributed by atoms with Gasteiger partial charge in [-0.2, -0.15) is 0 Å². The van der Waals surface area contributed by atoms with Gasteiger partial charge in [0.1, 0.15) is 11.3 Å². The summed E-state index contributed by atoms with van der Waals surface area (Å²) in [6.45, 7) is 3.46. The van der Waals surface area contributed by atoms with Gasteiger partial charge in [-0.25, -0.2) is 4.98 Å². The number of amides is 1. The monoisotopic (exact) mass is 302 g/mol. The molecule has 2 aromatic rings. The molecular formula is C16H22N4O2. The van der Waals surface area contributed by atoms with Gasteiger partial charge in [-0.05, 0) is 39.6 Å². The van der Waals surface area contributed by atoms with Crippen LogP contribution in [0.1, 0.15) is 22.6 Å². The summed E-state index contributed by atoms with van der Waals surface area (Å²) < 4.78 is 1.91. The molecular weight excluding hydrogens is 280 g/mol. The first-order valence-corrected chi connectivity index (χ1v) is 7.49. The van der Waals surface area contributed by atoms with Crippen LogP contribution < -0.4 is 0 Å². The molecule has 118 valence electrons. The van der Waals surface area contributed by atoms with E-state index in [9.17, 15) is 9.90 Å². The van der Waals surface area contributed by atoms with E-state index in [4.69, 9.17) is 0 Å². The molecule has 0 aliphatic carbocycles. The van der Waals surface area contributed by atoms with Gasteiger partial charge in [0.05, 0.1) is 12.1 Å². The summed E-state index contributed by atoms with van der Waals surface area (Å²) in [4.78, 5) is 20.7. The SMILES string of the molecule is Cc1cccc2nc(C(=O)N3CCC(O)(CN(C)C)C3)cn12. The van der Waals surface area contributed by atoms with Crippen molar-refractivity contribution in [3.8, 4) is 0 Å². The summed E-state index contributed by atoms with van der Waals surface area (Å²) in [5.41, 5.74) is 1.41. The smallest absolute Gasteiger partial charge is 0.274 e. The lowest BCUT2D eigenvalue weighted by atomic mass is 10.0. The summed E-state index contributed by atoms with van der Waals surface area (Å²) in [5, 5.41) is 10.6. The van der Waals surface area contributed by atoms with E-state index >= 15 is 0 Å². The van der Waals surface area contributed by atoms with Crippen LogP contribution in [0.2, 0.25) is 0 Å². The van der Waals surface area contributed by atoms with Gasteiger partial charge in [0.2, 0.25) is 0 Å². The fraction of sp³-hybridized carbons (Fsp3) is 0.500. The molecule has 0 aromatic carbocycles. The number of imidazole rings is 1. The zero-order chi connectivity index (χ0) is 15.9. The van der Waals surface area contributed by atoms with Crippen LogP contribution in [0, 0.1) is 6.92 Å². The number of likely N-dealkylation sites (N-methyl/N-ethyl adjacent to an activating group) is 1. The zero-order valence-electron chi connectivity index (χ0n) is 13.3. The van der Waals surface area contributed by atoms with Crippen LogP contribution in [0.4, 0.5) is 0 Å². The Morgan fingerprint density at radius 3 is 2.91 bits per heavy atom. The highest BCUT2D eigenvalue weighted by molar-refractivity contribution is 5.93. The number of carbonyl (C=O) groups is 1. The van der Waals surface area contributed by atoms with Crippen LogP contribution >= 0.6 is 0 Å². The van der Waals surface area contributed by atoms with Crippen LogP contribution in [0.3, 0.4) is 0 Å². The standard InChI is InChI=1S/C16H22N4O2/c1-12-5-4-6-14-17-13(9-20(12)14)15(21)19-8-7-16(22,11-19)10-18(2)3/h4-6,9,22H,7-8,10-11H2,1-3H3. The Labute approximate surface area is 130 Å². The molecule has 1 aliphatic heterocycles. The molecule has 1 saturated heterocycles. The maximum atomic E-state index is 12.6. The molecule has 3 heterocycles. The second kappa shape index (κ2) is 5.37. The maximum absolute atomic E-state index is 12.6. The van der Waals surface area contributed by atoms with E-state index < -0.39 is 5.60 Å². The van der Waals surface area contributed by atoms with Crippen molar-refractivity contribution in [3.63, 3.8) is 0 Å². The topological polar surface area (TPSA) is 61.1 Å². The number of pyridine rings is 1. The van der Waals surface area contributed by atoms with Gasteiger partial charge in [-0.3, -0.25) is 4.79 Å². The van der Waals surface area contributed by atoms with Crippen LogP contribution in [0.25, 0.3) is 5.65 Å². The summed E-state index contributed by atoms with van der Waals surface area (Å²) in [6, 6.07) is 5.79. The van der Waals surface area contributed by atoms with Gasteiger partial charge >= 0.3 is 0 Å². The molecule has 1 N–H and O–H groups in total. The lowest BCUT2D eigenvalue weighted by Crippen LogP contribution is -2.43. The first kappa shape index (κ1) is 15.0. The number of aliphatic hydroxyl groups is 1. The quantitative estimate of drug-likeness (QED) is 0.910. The fourth-order valence-electron chi connectivity index (χ4n) is 3.16. The molecule has 1 amide bonds. The molecule has 6 heteroatoms. The van der Waals surface area contributed by atoms with Crippen molar-refractivity contribution in [2.24, 2.45) is 0 Å². The molecule has 1 aliphatic rings. The van der Waals surface area contributed by atoms with E-state index in [1.165, 1.54) is 0 Å². The van der Waals surface area contributed by atoms with Gasteiger partial charge in [-0.1, -0.05) is 6.07 Å². The Morgan fingerprint density at radius 1 is 1.45 bits per heavy atom. The predicted octanol–water partition coefficient (Wildman–Crippen LogP) is 0.781. The molecule has 1 atom stereocenters. The third kappa shape index (κ3) is 2.71. The number of hydrogen-bond donors (Lipinski definition) is 1. The Kier molecular flexibility index (Phi) is 3.66. The normalized spacial score (nSPS) is 22.0. The zero-order valence-corrected chi connectivity index (χ0v) is 13.3. The number of likely N-dealkylation sites (tertiary alicyclic amines) is 1. The molecule has 22 heavy (non-hydrogen) atoms. The lowest BCUT2D eigenvalue weighted by Gasteiger charge is -2.26. The number of fused-ring (bicyclic) bond motifs is 1. The second-order valence-electron chi connectivity index (χ2n) is 6.46. The van der Waals surface area contributed by atoms with Crippen molar-refractivity contribution in [1.29, 1.82) is 0 Å². The van der Waals surface area contributed by atoms with Crippen LogP contribution in [-0.4, -0.2) is 69.5 Å². The third-order valence-corrected chi connectivity index (χ3v) is 4.15. The first-order valence-electron chi connectivity index (χ1n) is 7.49. The highest BCUT2D eigenvalue weighted by Gasteiger charge is 2.39. The molecule has 6 nitrogen and oxygen atoms in total. The summed E-state index contributed by atoms with van der Waals surface area (Å²) >= 11 is 0. The third-order valence-electron chi connectivity index (χ3n) is 4.15. The van der Waals surface area contributed by atoms with E-state index in [2.05, 4.69) is 4.98 Å². The number of aromatic nitrogens is 2. The van der Waals surface area contributed by atoms with E-state index in [1.54, 1.807) is 11.1 Å². The van der Waals surface area contributed by atoms with Crippen LogP contribution in [0.5, 0.6) is 0 Å². The van der Waals surface area contributed by atoms with Gasteiger partial charge in [0.15, 0.2) is 0 Å². The van der Waals surface area contributed by atoms with Gasteiger partial charge in [0.25, 0.3) is 5.91 Å². The number of hydrogen-bond acceptors (Lipinski definition) is 4. The van der Waals surface area contributed by atoms with Gasteiger partial charge in [-0.15, -0.1) is 0 Å². The van der Waals surface area contributed by atoms with Gasteiger partial charge < -0.3 is 19.3 Å². The number of aryl methyl sites for hydroxylation is 1. The summed E-state index contributed by atoms with van der Waals surface area (Å²) in [7, 11) is 3.85.